The first kappa shape index (κ1) is 21.8. The van der Waals surface area contributed by atoms with Gasteiger partial charge in [-0.05, 0) is 48.7 Å². The minimum Gasteiger partial charge on any atom is -0.465 e. The Morgan fingerprint density at radius 3 is 2.40 bits per heavy atom. The zero-order valence-electron chi connectivity index (χ0n) is 17.3. The number of carboxylic acid groups (broad SMARTS) is 1. The summed E-state index contributed by atoms with van der Waals surface area (Å²) >= 11 is 0. The van der Waals surface area contributed by atoms with Gasteiger partial charge in [-0.2, -0.15) is 0 Å². The fourth-order valence-corrected chi connectivity index (χ4v) is 4.66. The van der Waals surface area contributed by atoms with E-state index in [1.165, 1.54) is 4.90 Å². The highest BCUT2D eigenvalue weighted by Crippen LogP contribution is 2.39. The van der Waals surface area contributed by atoms with Gasteiger partial charge < -0.3 is 10.0 Å². The molecule has 1 atom stereocenters. The molecule has 1 heterocycles. The summed E-state index contributed by atoms with van der Waals surface area (Å²) < 4.78 is 24.5. The molecule has 160 valence electrons. The molecule has 1 aliphatic rings. The zero-order chi connectivity index (χ0) is 22.1. The van der Waals surface area contributed by atoms with Crippen LogP contribution in [-0.4, -0.2) is 43.9 Å². The Morgan fingerprint density at radius 2 is 1.77 bits per heavy atom. The third-order valence-corrected chi connectivity index (χ3v) is 7.02. The van der Waals surface area contributed by atoms with Gasteiger partial charge in [0.1, 0.15) is 0 Å². The standard InChI is InChI=1S/C22H26N2O5S/c1-4-7-21(25)24-15(3)14-23(22(26)27)20-13-17(10-11-19(20)24)16-8-6-9-18(12-16)30(28,29)5-2/h6,8-13,15H,4-5,7,14H2,1-3H3,(H,26,27)/t15-/m0/s1. The van der Waals surface area contributed by atoms with E-state index in [1.807, 2.05) is 13.8 Å². The van der Waals surface area contributed by atoms with Crippen LogP contribution >= 0.6 is 0 Å². The van der Waals surface area contributed by atoms with Crippen LogP contribution < -0.4 is 9.80 Å². The average Bonchev–Trinajstić information content (AvgIpc) is 2.72. The van der Waals surface area contributed by atoms with Crippen molar-refractivity contribution in [3.05, 3.63) is 42.5 Å². The largest absolute Gasteiger partial charge is 0.465 e. The number of nitrogens with zero attached hydrogens (tertiary/aromatic N) is 2. The monoisotopic (exact) mass is 430 g/mol. The molecule has 0 fully saturated rings. The lowest BCUT2D eigenvalue weighted by Gasteiger charge is -2.40. The summed E-state index contributed by atoms with van der Waals surface area (Å²) in [5.41, 5.74) is 2.33. The number of carbonyl (C=O) groups is 2. The molecular weight excluding hydrogens is 404 g/mol. The molecule has 2 aromatic rings. The molecule has 2 aromatic carbocycles. The van der Waals surface area contributed by atoms with Crippen LogP contribution in [0.3, 0.4) is 0 Å². The van der Waals surface area contributed by atoms with Crippen LogP contribution in [0.4, 0.5) is 16.2 Å². The highest BCUT2D eigenvalue weighted by atomic mass is 32.2. The van der Waals surface area contributed by atoms with Crippen LogP contribution in [0.5, 0.6) is 0 Å². The number of amides is 2. The van der Waals surface area contributed by atoms with Crippen LogP contribution in [0.25, 0.3) is 11.1 Å². The molecule has 2 amide bonds. The summed E-state index contributed by atoms with van der Waals surface area (Å²) in [5, 5.41) is 9.72. The van der Waals surface area contributed by atoms with Crippen molar-refractivity contribution >= 4 is 33.2 Å². The molecule has 7 nitrogen and oxygen atoms in total. The van der Waals surface area contributed by atoms with E-state index < -0.39 is 15.9 Å². The van der Waals surface area contributed by atoms with E-state index in [9.17, 15) is 23.1 Å². The smallest absolute Gasteiger partial charge is 0.411 e. The summed E-state index contributed by atoms with van der Waals surface area (Å²) in [6, 6.07) is 11.6. The summed E-state index contributed by atoms with van der Waals surface area (Å²) in [6.45, 7) is 5.52. The number of rotatable bonds is 5. The molecule has 0 aromatic heterocycles. The minimum absolute atomic E-state index is 0.000177. The maximum Gasteiger partial charge on any atom is 0.411 e. The van der Waals surface area contributed by atoms with E-state index in [2.05, 4.69) is 0 Å². The number of fused-ring (bicyclic) bond motifs is 1. The van der Waals surface area contributed by atoms with Crippen molar-refractivity contribution in [2.24, 2.45) is 0 Å². The molecule has 30 heavy (non-hydrogen) atoms. The van der Waals surface area contributed by atoms with Crippen LogP contribution in [0.2, 0.25) is 0 Å². The van der Waals surface area contributed by atoms with Crippen LogP contribution in [0, 0.1) is 0 Å². The molecule has 1 aliphatic heterocycles. The van der Waals surface area contributed by atoms with Crippen molar-refractivity contribution < 1.29 is 23.1 Å². The summed E-state index contributed by atoms with van der Waals surface area (Å²) in [7, 11) is -3.36. The van der Waals surface area contributed by atoms with E-state index in [4.69, 9.17) is 0 Å². The number of hydrogen-bond donors (Lipinski definition) is 1. The van der Waals surface area contributed by atoms with E-state index in [1.54, 1.807) is 54.3 Å². The molecule has 0 saturated carbocycles. The van der Waals surface area contributed by atoms with Crippen molar-refractivity contribution in [1.29, 1.82) is 0 Å². The third kappa shape index (κ3) is 4.05. The SMILES string of the molecule is CCCC(=O)N1c2ccc(-c3cccc(S(=O)(=O)CC)c3)cc2N(C(=O)O)C[C@@H]1C. The van der Waals surface area contributed by atoms with Crippen molar-refractivity contribution in [3.8, 4) is 11.1 Å². The number of sulfone groups is 1. The summed E-state index contributed by atoms with van der Waals surface area (Å²) in [6.07, 6.45) is -0.00283. The van der Waals surface area contributed by atoms with Gasteiger partial charge in [-0.15, -0.1) is 0 Å². The van der Waals surface area contributed by atoms with E-state index >= 15 is 0 Å². The predicted molar refractivity (Wildman–Crippen MR) is 117 cm³/mol. The topological polar surface area (TPSA) is 95.0 Å². The first-order chi connectivity index (χ1) is 14.2. The lowest BCUT2D eigenvalue weighted by molar-refractivity contribution is -0.119. The molecule has 8 heteroatoms. The van der Waals surface area contributed by atoms with Gasteiger partial charge in [-0.1, -0.05) is 32.0 Å². The van der Waals surface area contributed by atoms with Gasteiger partial charge in [-0.3, -0.25) is 9.69 Å². The highest BCUT2D eigenvalue weighted by Gasteiger charge is 2.34. The Labute approximate surface area is 176 Å². The fourth-order valence-electron chi connectivity index (χ4n) is 3.74. The van der Waals surface area contributed by atoms with Gasteiger partial charge in [0.15, 0.2) is 9.84 Å². The Balaban J connectivity index is 2.12. The fraction of sp³-hybridized carbons (Fsp3) is 0.364. The summed E-state index contributed by atoms with van der Waals surface area (Å²) in [4.78, 5) is 27.7. The van der Waals surface area contributed by atoms with E-state index in [-0.39, 0.29) is 29.1 Å². The van der Waals surface area contributed by atoms with Gasteiger partial charge in [0.05, 0.1) is 28.1 Å². The Kier molecular flexibility index (Phi) is 6.17. The normalized spacial score (nSPS) is 16.3. The Bertz CT molecular complexity index is 1080. The quantitative estimate of drug-likeness (QED) is 0.768. The predicted octanol–water partition coefficient (Wildman–Crippen LogP) is 4.17. The second-order valence-electron chi connectivity index (χ2n) is 7.39. The van der Waals surface area contributed by atoms with Crippen molar-refractivity contribution in [2.45, 2.75) is 44.6 Å². The van der Waals surface area contributed by atoms with Gasteiger partial charge in [-0.25, -0.2) is 13.2 Å². The Morgan fingerprint density at radius 1 is 1.07 bits per heavy atom. The van der Waals surface area contributed by atoms with Crippen molar-refractivity contribution in [3.63, 3.8) is 0 Å². The summed E-state index contributed by atoms with van der Waals surface area (Å²) in [5.74, 6) is -0.0418. The van der Waals surface area contributed by atoms with Gasteiger partial charge >= 0.3 is 6.09 Å². The molecule has 0 bridgehead atoms. The number of hydrogen-bond acceptors (Lipinski definition) is 4. The van der Waals surface area contributed by atoms with Gasteiger partial charge in [0.25, 0.3) is 0 Å². The van der Waals surface area contributed by atoms with Crippen LogP contribution in [0.15, 0.2) is 47.4 Å². The lowest BCUT2D eigenvalue weighted by Crippen LogP contribution is -2.51. The van der Waals surface area contributed by atoms with Gasteiger partial charge in [0, 0.05) is 13.0 Å². The van der Waals surface area contributed by atoms with E-state index in [0.29, 0.717) is 35.3 Å². The van der Waals surface area contributed by atoms with E-state index in [0.717, 1.165) is 0 Å². The number of anilines is 2. The third-order valence-electron chi connectivity index (χ3n) is 5.28. The second kappa shape index (κ2) is 8.47. The molecule has 3 rings (SSSR count). The molecule has 1 N–H and O–H groups in total. The highest BCUT2D eigenvalue weighted by molar-refractivity contribution is 7.91. The zero-order valence-corrected chi connectivity index (χ0v) is 18.1. The minimum atomic E-state index is -3.36. The first-order valence-electron chi connectivity index (χ1n) is 9.99. The molecule has 0 spiro atoms. The van der Waals surface area contributed by atoms with Crippen LogP contribution in [-0.2, 0) is 14.6 Å². The molecule has 0 aliphatic carbocycles. The second-order valence-corrected chi connectivity index (χ2v) is 9.67. The number of carbonyl (C=O) groups excluding carboxylic acids is 1. The Hall–Kier alpha value is -2.87. The molecular formula is C22H26N2O5S. The first-order valence-corrected chi connectivity index (χ1v) is 11.6. The van der Waals surface area contributed by atoms with Crippen molar-refractivity contribution in [1.82, 2.24) is 0 Å². The molecule has 0 saturated heterocycles. The average molecular weight is 431 g/mol. The van der Waals surface area contributed by atoms with Crippen molar-refractivity contribution in [2.75, 3.05) is 22.1 Å². The van der Waals surface area contributed by atoms with Gasteiger partial charge in [0.2, 0.25) is 5.91 Å². The number of benzene rings is 2. The lowest BCUT2D eigenvalue weighted by atomic mass is 10.0. The van der Waals surface area contributed by atoms with Crippen LogP contribution in [0.1, 0.15) is 33.6 Å². The maximum atomic E-state index is 12.7. The molecule has 0 unspecified atom stereocenters. The maximum absolute atomic E-state index is 12.7. The molecule has 0 radical (unpaired) electrons.